The minimum absolute atomic E-state index is 0.0495. The number of halogens is 2. The maximum atomic E-state index is 13.4. The summed E-state index contributed by atoms with van der Waals surface area (Å²) in [6.45, 7) is 6.71. The monoisotopic (exact) mass is 513 g/mol. The Hall–Kier alpha value is -2.29. The van der Waals surface area contributed by atoms with Crippen LogP contribution in [0.4, 0.5) is 5.69 Å². The molecule has 0 aliphatic carbocycles. The number of hydrogen-bond acceptors (Lipinski definition) is 4. The van der Waals surface area contributed by atoms with Gasteiger partial charge in [-0.2, -0.15) is 0 Å². The summed E-state index contributed by atoms with van der Waals surface area (Å²) in [7, 11) is -3.76. The van der Waals surface area contributed by atoms with Gasteiger partial charge in [-0.3, -0.25) is 13.9 Å². The SMILES string of the molecule is Cc1ccc(N(CC(=O)N(Cc2ccc(Cl)c(Cl)c2)C(C)C(=O)NC(C)C)S(C)(=O)=O)cc1. The molecule has 0 aliphatic rings. The van der Waals surface area contributed by atoms with Gasteiger partial charge in [0.05, 0.1) is 22.0 Å². The summed E-state index contributed by atoms with van der Waals surface area (Å²) in [6, 6.07) is 10.8. The number of hydrogen-bond donors (Lipinski definition) is 1. The Kier molecular flexibility index (Phi) is 9.17. The van der Waals surface area contributed by atoms with Crippen LogP contribution in [0.15, 0.2) is 42.5 Å². The van der Waals surface area contributed by atoms with Crippen LogP contribution in [0.25, 0.3) is 0 Å². The predicted octanol–water partition coefficient (Wildman–Crippen LogP) is 4.01. The van der Waals surface area contributed by atoms with Crippen molar-refractivity contribution in [1.82, 2.24) is 10.2 Å². The average Bonchev–Trinajstić information content (AvgIpc) is 2.71. The molecular weight excluding hydrogens is 485 g/mol. The molecule has 180 valence electrons. The van der Waals surface area contributed by atoms with Gasteiger partial charge in [0.1, 0.15) is 12.6 Å². The molecule has 1 atom stereocenters. The van der Waals surface area contributed by atoms with Crippen LogP contribution in [0.2, 0.25) is 10.0 Å². The molecular formula is C23H29Cl2N3O4S. The molecule has 0 aromatic heterocycles. The van der Waals surface area contributed by atoms with E-state index in [1.807, 2.05) is 20.8 Å². The molecule has 0 saturated carbocycles. The van der Waals surface area contributed by atoms with Crippen molar-refractivity contribution in [2.45, 2.75) is 46.3 Å². The summed E-state index contributed by atoms with van der Waals surface area (Å²) >= 11 is 12.1. The van der Waals surface area contributed by atoms with Crippen molar-refractivity contribution < 1.29 is 18.0 Å². The highest BCUT2D eigenvalue weighted by atomic mass is 35.5. The summed E-state index contributed by atoms with van der Waals surface area (Å²) < 4.78 is 26.0. The van der Waals surface area contributed by atoms with Crippen molar-refractivity contribution in [3.8, 4) is 0 Å². The van der Waals surface area contributed by atoms with E-state index in [1.165, 1.54) is 4.90 Å². The predicted molar refractivity (Wildman–Crippen MR) is 133 cm³/mol. The maximum absolute atomic E-state index is 13.4. The number of amides is 2. The summed E-state index contributed by atoms with van der Waals surface area (Å²) in [5.74, 6) is -0.877. The molecule has 2 aromatic rings. The summed E-state index contributed by atoms with van der Waals surface area (Å²) in [4.78, 5) is 27.5. The fourth-order valence-corrected chi connectivity index (χ4v) is 4.32. The number of sulfonamides is 1. The second-order valence-electron chi connectivity index (χ2n) is 8.21. The number of aryl methyl sites for hydroxylation is 1. The fraction of sp³-hybridized carbons (Fsp3) is 0.391. The minimum atomic E-state index is -3.76. The van der Waals surface area contributed by atoms with Crippen LogP contribution in [0, 0.1) is 6.92 Å². The highest BCUT2D eigenvalue weighted by Crippen LogP contribution is 2.24. The van der Waals surface area contributed by atoms with E-state index in [0.29, 0.717) is 21.3 Å². The molecule has 0 fully saturated rings. The van der Waals surface area contributed by atoms with Gasteiger partial charge in [-0.25, -0.2) is 8.42 Å². The molecule has 0 aliphatic heterocycles. The van der Waals surface area contributed by atoms with Gasteiger partial charge in [0, 0.05) is 12.6 Å². The lowest BCUT2D eigenvalue weighted by Crippen LogP contribution is -2.52. The number of anilines is 1. The third-order valence-electron chi connectivity index (χ3n) is 4.94. The van der Waals surface area contributed by atoms with Crippen molar-refractivity contribution >= 4 is 50.7 Å². The van der Waals surface area contributed by atoms with Crippen LogP contribution in [0.5, 0.6) is 0 Å². The topological polar surface area (TPSA) is 86.8 Å². The van der Waals surface area contributed by atoms with Crippen LogP contribution in [0.3, 0.4) is 0 Å². The Balaban J connectivity index is 2.40. The molecule has 2 aromatic carbocycles. The lowest BCUT2D eigenvalue weighted by atomic mass is 10.1. The molecule has 1 N–H and O–H groups in total. The highest BCUT2D eigenvalue weighted by molar-refractivity contribution is 7.92. The van der Waals surface area contributed by atoms with E-state index in [-0.39, 0.29) is 18.5 Å². The van der Waals surface area contributed by atoms with Gasteiger partial charge in [0.2, 0.25) is 21.8 Å². The zero-order valence-electron chi connectivity index (χ0n) is 19.3. The third-order valence-corrected chi connectivity index (χ3v) is 6.82. The number of carbonyl (C=O) groups is 2. The van der Waals surface area contributed by atoms with E-state index in [0.717, 1.165) is 16.1 Å². The van der Waals surface area contributed by atoms with E-state index >= 15 is 0 Å². The smallest absolute Gasteiger partial charge is 0.244 e. The quantitative estimate of drug-likeness (QED) is 0.548. The van der Waals surface area contributed by atoms with Crippen molar-refractivity contribution in [2.75, 3.05) is 17.1 Å². The summed E-state index contributed by atoms with van der Waals surface area (Å²) in [5, 5.41) is 3.48. The van der Waals surface area contributed by atoms with Crippen LogP contribution < -0.4 is 9.62 Å². The summed E-state index contributed by atoms with van der Waals surface area (Å²) in [5.41, 5.74) is 1.98. The fourth-order valence-electron chi connectivity index (χ4n) is 3.15. The first-order valence-electron chi connectivity index (χ1n) is 10.4. The Morgan fingerprint density at radius 2 is 1.61 bits per heavy atom. The van der Waals surface area contributed by atoms with Gasteiger partial charge in [0.15, 0.2) is 0 Å². The van der Waals surface area contributed by atoms with Gasteiger partial charge >= 0.3 is 0 Å². The zero-order chi connectivity index (χ0) is 24.9. The van der Waals surface area contributed by atoms with E-state index in [9.17, 15) is 18.0 Å². The molecule has 1 unspecified atom stereocenters. The van der Waals surface area contributed by atoms with Crippen LogP contribution >= 0.6 is 23.2 Å². The number of nitrogens with zero attached hydrogens (tertiary/aromatic N) is 2. The van der Waals surface area contributed by atoms with E-state index in [1.54, 1.807) is 49.4 Å². The molecule has 2 rings (SSSR count). The van der Waals surface area contributed by atoms with Gasteiger partial charge in [-0.1, -0.05) is 47.0 Å². The number of carbonyl (C=O) groups excluding carboxylic acids is 2. The van der Waals surface area contributed by atoms with Gasteiger partial charge in [-0.05, 0) is 57.5 Å². The minimum Gasteiger partial charge on any atom is -0.352 e. The van der Waals surface area contributed by atoms with Crippen molar-refractivity contribution in [3.05, 3.63) is 63.6 Å². The average molecular weight is 514 g/mol. The third kappa shape index (κ3) is 7.62. The molecule has 0 radical (unpaired) electrons. The van der Waals surface area contributed by atoms with Gasteiger partial charge in [0.25, 0.3) is 0 Å². The van der Waals surface area contributed by atoms with Gasteiger partial charge < -0.3 is 10.2 Å². The first-order valence-corrected chi connectivity index (χ1v) is 13.0. The molecule has 33 heavy (non-hydrogen) atoms. The Morgan fingerprint density at radius 3 is 2.12 bits per heavy atom. The second-order valence-corrected chi connectivity index (χ2v) is 10.9. The Morgan fingerprint density at radius 1 is 1.00 bits per heavy atom. The Bertz CT molecular complexity index is 1110. The van der Waals surface area contributed by atoms with Crippen molar-refractivity contribution in [2.24, 2.45) is 0 Å². The number of benzene rings is 2. The second kappa shape index (κ2) is 11.2. The molecule has 10 heteroatoms. The largest absolute Gasteiger partial charge is 0.352 e. The van der Waals surface area contributed by atoms with Crippen LogP contribution in [0.1, 0.15) is 31.9 Å². The highest BCUT2D eigenvalue weighted by Gasteiger charge is 2.30. The summed E-state index contributed by atoms with van der Waals surface area (Å²) in [6.07, 6.45) is 1.04. The molecule has 0 heterocycles. The number of rotatable bonds is 9. The molecule has 0 bridgehead atoms. The van der Waals surface area contributed by atoms with Crippen molar-refractivity contribution in [1.29, 1.82) is 0 Å². The standard InChI is InChI=1S/C23H29Cl2N3O4S/c1-15(2)26-23(30)17(4)27(13-18-8-11-20(24)21(25)12-18)22(29)14-28(33(5,31)32)19-9-6-16(3)7-10-19/h6-12,15,17H,13-14H2,1-5H3,(H,26,30). The number of nitrogens with one attached hydrogen (secondary N) is 1. The lowest BCUT2D eigenvalue weighted by Gasteiger charge is -2.32. The molecule has 2 amide bonds. The Labute approximate surface area is 205 Å². The van der Waals surface area contributed by atoms with Crippen LogP contribution in [-0.2, 0) is 26.2 Å². The first kappa shape index (κ1) is 27.0. The lowest BCUT2D eigenvalue weighted by molar-refractivity contribution is -0.139. The van der Waals surface area contributed by atoms with E-state index < -0.39 is 28.5 Å². The molecule has 0 spiro atoms. The molecule has 0 saturated heterocycles. The van der Waals surface area contributed by atoms with Crippen molar-refractivity contribution in [3.63, 3.8) is 0 Å². The van der Waals surface area contributed by atoms with E-state index in [2.05, 4.69) is 5.32 Å². The first-order chi connectivity index (χ1) is 15.3. The van der Waals surface area contributed by atoms with Gasteiger partial charge in [-0.15, -0.1) is 0 Å². The molecule has 7 nitrogen and oxygen atoms in total. The maximum Gasteiger partial charge on any atom is 0.244 e. The normalized spacial score (nSPS) is 12.4. The van der Waals surface area contributed by atoms with E-state index in [4.69, 9.17) is 23.2 Å². The van der Waals surface area contributed by atoms with Crippen LogP contribution in [-0.4, -0.2) is 50.0 Å². The zero-order valence-corrected chi connectivity index (χ0v) is 21.6.